The molecule has 0 aromatic heterocycles. The third-order valence-electron chi connectivity index (χ3n) is 4.42. The molecule has 3 N–H and O–H groups in total. The predicted octanol–water partition coefficient (Wildman–Crippen LogP) is 3.17. The minimum atomic E-state index is 0.266. The molecule has 1 saturated carbocycles. The van der Waals surface area contributed by atoms with Crippen molar-refractivity contribution in [1.82, 2.24) is 10.6 Å². The van der Waals surface area contributed by atoms with Gasteiger partial charge in [-0.15, -0.1) is 0 Å². The Bertz CT molecular complexity index is 566. The number of guanidine groups is 1. The van der Waals surface area contributed by atoms with Crippen LogP contribution in [0.1, 0.15) is 38.7 Å². The number of ether oxygens (including phenoxy) is 1. The van der Waals surface area contributed by atoms with Crippen LogP contribution in [0.2, 0.25) is 0 Å². The molecule has 1 aliphatic rings. The molecular formula is C19H31N3O2S. The third kappa shape index (κ3) is 6.34. The van der Waals surface area contributed by atoms with Crippen LogP contribution < -0.4 is 15.4 Å². The van der Waals surface area contributed by atoms with Crippen molar-refractivity contribution in [3.05, 3.63) is 23.8 Å². The fraction of sp³-hybridized carbons (Fsp3) is 0.632. The molecule has 2 atom stereocenters. The first-order valence-electron chi connectivity index (χ1n) is 9.18. The normalized spacial score (nSPS) is 20.5. The van der Waals surface area contributed by atoms with Gasteiger partial charge in [0.25, 0.3) is 0 Å². The Labute approximate surface area is 155 Å². The molecule has 5 nitrogen and oxygen atoms in total. The van der Waals surface area contributed by atoms with Crippen LogP contribution in [0.3, 0.4) is 0 Å². The lowest BCUT2D eigenvalue weighted by Crippen LogP contribution is -2.42. The number of hydrogen-bond acceptors (Lipinski definition) is 4. The number of rotatable bonds is 8. The molecule has 1 aromatic carbocycles. The van der Waals surface area contributed by atoms with Crippen LogP contribution in [-0.4, -0.2) is 48.3 Å². The van der Waals surface area contributed by atoms with E-state index in [1.807, 2.05) is 12.1 Å². The van der Waals surface area contributed by atoms with Gasteiger partial charge in [0, 0.05) is 30.4 Å². The summed E-state index contributed by atoms with van der Waals surface area (Å²) in [5, 5.41) is 17.7. The van der Waals surface area contributed by atoms with Crippen LogP contribution in [-0.2, 0) is 6.42 Å². The zero-order valence-corrected chi connectivity index (χ0v) is 16.4. The standard InChI is InChI=1S/C19H31N3O2S/c1-4-20-19(22-15-7-9-17(12-15)25-5-2)21-11-10-14-6-8-16(24-3)13-18(14)23/h6,8,13,15,17,23H,4-5,7,9-12H2,1-3H3,(H2,20,21,22). The lowest BCUT2D eigenvalue weighted by atomic mass is 10.1. The van der Waals surface area contributed by atoms with E-state index in [1.54, 1.807) is 13.2 Å². The van der Waals surface area contributed by atoms with E-state index in [0.29, 0.717) is 24.8 Å². The first-order chi connectivity index (χ1) is 12.2. The van der Waals surface area contributed by atoms with E-state index in [0.717, 1.165) is 23.3 Å². The highest BCUT2D eigenvalue weighted by Gasteiger charge is 2.25. The Morgan fingerprint density at radius 1 is 1.36 bits per heavy atom. The van der Waals surface area contributed by atoms with Gasteiger partial charge in [0.1, 0.15) is 11.5 Å². The van der Waals surface area contributed by atoms with Crippen molar-refractivity contribution in [2.75, 3.05) is 26.0 Å². The van der Waals surface area contributed by atoms with Gasteiger partial charge < -0.3 is 20.5 Å². The van der Waals surface area contributed by atoms with Gasteiger partial charge in [-0.1, -0.05) is 13.0 Å². The van der Waals surface area contributed by atoms with Crippen molar-refractivity contribution in [3.63, 3.8) is 0 Å². The number of phenolic OH excluding ortho intramolecular Hbond substituents is 1. The summed E-state index contributed by atoms with van der Waals surface area (Å²) in [7, 11) is 1.60. The van der Waals surface area contributed by atoms with Crippen LogP contribution in [0, 0.1) is 0 Å². The van der Waals surface area contributed by atoms with Gasteiger partial charge in [-0.3, -0.25) is 4.99 Å². The minimum Gasteiger partial charge on any atom is -0.508 e. The summed E-state index contributed by atoms with van der Waals surface area (Å²) in [6, 6.07) is 5.92. The highest BCUT2D eigenvalue weighted by Crippen LogP contribution is 2.29. The Balaban J connectivity index is 1.87. The van der Waals surface area contributed by atoms with Crippen molar-refractivity contribution < 1.29 is 9.84 Å². The molecule has 0 heterocycles. The second kappa shape index (κ2) is 10.4. The maximum absolute atomic E-state index is 10.0. The van der Waals surface area contributed by atoms with Crippen molar-refractivity contribution in [3.8, 4) is 11.5 Å². The van der Waals surface area contributed by atoms with Crippen molar-refractivity contribution >= 4 is 17.7 Å². The lowest BCUT2D eigenvalue weighted by Gasteiger charge is -2.17. The van der Waals surface area contributed by atoms with Gasteiger partial charge in [0.15, 0.2) is 5.96 Å². The summed E-state index contributed by atoms with van der Waals surface area (Å²) in [6.45, 7) is 5.79. The van der Waals surface area contributed by atoms with Gasteiger partial charge in [0.2, 0.25) is 0 Å². The number of nitrogens with one attached hydrogen (secondary N) is 2. The van der Waals surface area contributed by atoms with E-state index in [9.17, 15) is 5.11 Å². The summed E-state index contributed by atoms with van der Waals surface area (Å²) in [4.78, 5) is 4.67. The summed E-state index contributed by atoms with van der Waals surface area (Å²) in [6.07, 6.45) is 4.41. The monoisotopic (exact) mass is 365 g/mol. The van der Waals surface area contributed by atoms with Crippen molar-refractivity contribution in [2.45, 2.75) is 50.8 Å². The maximum Gasteiger partial charge on any atom is 0.191 e. The van der Waals surface area contributed by atoms with E-state index >= 15 is 0 Å². The van der Waals surface area contributed by atoms with Crippen LogP contribution in [0.15, 0.2) is 23.2 Å². The first-order valence-corrected chi connectivity index (χ1v) is 10.2. The lowest BCUT2D eigenvalue weighted by molar-refractivity contribution is 0.406. The highest BCUT2D eigenvalue weighted by atomic mass is 32.2. The van der Waals surface area contributed by atoms with Crippen LogP contribution in [0.25, 0.3) is 0 Å². The molecule has 1 fully saturated rings. The molecule has 1 aromatic rings. The molecule has 140 valence electrons. The molecule has 0 amide bonds. The number of phenols is 1. The van der Waals surface area contributed by atoms with E-state index < -0.39 is 0 Å². The number of aromatic hydroxyl groups is 1. The molecule has 0 saturated heterocycles. The average Bonchev–Trinajstić information content (AvgIpc) is 3.04. The smallest absolute Gasteiger partial charge is 0.191 e. The van der Waals surface area contributed by atoms with E-state index in [4.69, 9.17) is 4.74 Å². The molecule has 0 aliphatic heterocycles. The fourth-order valence-electron chi connectivity index (χ4n) is 3.14. The molecule has 0 radical (unpaired) electrons. The van der Waals surface area contributed by atoms with Crippen LogP contribution in [0.5, 0.6) is 11.5 Å². The van der Waals surface area contributed by atoms with Crippen LogP contribution >= 0.6 is 11.8 Å². The number of nitrogens with zero attached hydrogens (tertiary/aromatic N) is 1. The maximum atomic E-state index is 10.0. The molecule has 6 heteroatoms. The van der Waals surface area contributed by atoms with Gasteiger partial charge in [-0.05, 0) is 50.0 Å². The Morgan fingerprint density at radius 2 is 2.20 bits per heavy atom. The number of aliphatic imine (C=N–C) groups is 1. The number of methoxy groups -OCH3 is 1. The van der Waals surface area contributed by atoms with Crippen molar-refractivity contribution in [1.29, 1.82) is 0 Å². The zero-order chi connectivity index (χ0) is 18.1. The number of hydrogen-bond donors (Lipinski definition) is 3. The van der Waals surface area contributed by atoms with Crippen molar-refractivity contribution in [2.24, 2.45) is 4.99 Å². The third-order valence-corrected chi connectivity index (χ3v) is 5.65. The Morgan fingerprint density at radius 3 is 2.88 bits per heavy atom. The SMILES string of the molecule is CCNC(=NCCc1ccc(OC)cc1O)NC1CCC(SCC)C1. The number of benzene rings is 1. The largest absolute Gasteiger partial charge is 0.508 e. The number of thioether (sulfide) groups is 1. The molecule has 25 heavy (non-hydrogen) atoms. The van der Waals surface area contributed by atoms with E-state index in [2.05, 4.69) is 41.2 Å². The molecule has 2 unspecified atom stereocenters. The molecule has 1 aliphatic carbocycles. The van der Waals surface area contributed by atoms with Crippen LogP contribution in [0.4, 0.5) is 0 Å². The summed E-state index contributed by atoms with van der Waals surface area (Å²) in [5.74, 6) is 3.00. The summed E-state index contributed by atoms with van der Waals surface area (Å²) < 4.78 is 5.12. The Kier molecular flexibility index (Phi) is 8.25. The summed E-state index contributed by atoms with van der Waals surface area (Å²) >= 11 is 2.06. The topological polar surface area (TPSA) is 65.9 Å². The fourth-order valence-corrected chi connectivity index (χ4v) is 4.28. The predicted molar refractivity (Wildman–Crippen MR) is 107 cm³/mol. The first kappa shape index (κ1) is 19.8. The average molecular weight is 366 g/mol. The molecular weight excluding hydrogens is 334 g/mol. The molecule has 0 spiro atoms. The quantitative estimate of drug-likeness (QED) is 0.488. The van der Waals surface area contributed by atoms with E-state index in [1.165, 1.54) is 25.0 Å². The summed E-state index contributed by atoms with van der Waals surface area (Å²) in [5.41, 5.74) is 0.890. The molecule has 0 bridgehead atoms. The van der Waals surface area contributed by atoms with E-state index in [-0.39, 0.29) is 5.75 Å². The second-order valence-corrected chi connectivity index (χ2v) is 7.81. The Hall–Kier alpha value is -1.56. The molecule has 2 rings (SSSR count). The van der Waals surface area contributed by atoms with Gasteiger partial charge in [-0.2, -0.15) is 11.8 Å². The van der Waals surface area contributed by atoms with Gasteiger partial charge >= 0.3 is 0 Å². The zero-order valence-electron chi connectivity index (χ0n) is 15.5. The highest BCUT2D eigenvalue weighted by molar-refractivity contribution is 7.99. The van der Waals surface area contributed by atoms with Gasteiger partial charge in [-0.25, -0.2) is 0 Å². The van der Waals surface area contributed by atoms with Gasteiger partial charge in [0.05, 0.1) is 7.11 Å². The second-order valence-electron chi connectivity index (χ2n) is 6.24. The minimum absolute atomic E-state index is 0.266.